The fraction of sp³-hybridized carbons (Fsp3) is 0.333. The van der Waals surface area contributed by atoms with Crippen LogP contribution in [0.25, 0.3) is 0 Å². The van der Waals surface area contributed by atoms with Crippen LogP contribution in [0.4, 0.5) is 0 Å². The summed E-state index contributed by atoms with van der Waals surface area (Å²) in [5, 5.41) is 9.27. The zero-order chi connectivity index (χ0) is 12.4. The molecule has 0 unspecified atom stereocenters. The van der Waals surface area contributed by atoms with E-state index < -0.39 is 12.0 Å². The molecule has 1 N–H and O–H groups in total. The van der Waals surface area contributed by atoms with Crippen LogP contribution in [-0.2, 0) is 16.1 Å². The second-order valence-electron chi connectivity index (χ2n) is 3.89. The predicted octanol–water partition coefficient (Wildman–Crippen LogP) is 0.315. The molecule has 5 nitrogen and oxygen atoms in total. The smallest absolute Gasteiger partial charge is 0.258 e. The molecule has 0 aromatic heterocycles. The van der Waals surface area contributed by atoms with Crippen LogP contribution in [-0.4, -0.2) is 35.0 Å². The summed E-state index contributed by atoms with van der Waals surface area (Å²) in [6.07, 6.45) is -1.30. The van der Waals surface area contributed by atoms with Gasteiger partial charge in [0.25, 0.3) is 5.91 Å². The Bertz CT molecular complexity index is 440. The number of methoxy groups -OCH3 is 1. The van der Waals surface area contributed by atoms with Crippen molar-refractivity contribution in [3.8, 4) is 5.75 Å². The van der Waals surface area contributed by atoms with Crippen LogP contribution >= 0.6 is 0 Å². The van der Waals surface area contributed by atoms with Crippen molar-refractivity contribution >= 4 is 11.8 Å². The van der Waals surface area contributed by atoms with Crippen LogP contribution in [0.2, 0.25) is 0 Å². The normalized spacial score (nSPS) is 19.9. The molecule has 1 fully saturated rings. The summed E-state index contributed by atoms with van der Waals surface area (Å²) >= 11 is 0. The van der Waals surface area contributed by atoms with E-state index in [2.05, 4.69) is 0 Å². The molecule has 17 heavy (non-hydrogen) atoms. The first-order valence-electron chi connectivity index (χ1n) is 5.27. The third-order valence-electron chi connectivity index (χ3n) is 2.72. The lowest BCUT2D eigenvalue weighted by molar-refractivity contribution is -0.141. The third-order valence-corrected chi connectivity index (χ3v) is 2.72. The highest BCUT2D eigenvalue weighted by molar-refractivity contribution is 6.04. The Morgan fingerprint density at radius 2 is 2.00 bits per heavy atom. The van der Waals surface area contributed by atoms with Gasteiger partial charge in [-0.1, -0.05) is 12.1 Å². The van der Waals surface area contributed by atoms with Gasteiger partial charge in [-0.2, -0.15) is 0 Å². The van der Waals surface area contributed by atoms with E-state index >= 15 is 0 Å². The number of rotatable bonds is 3. The largest absolute Gasteiger partial charge is 0.497 e. The zero-order valence-electron chi connectivity index (χ0n) is 9.42. The number of likely N-dealkylation sites (tertiary alicyclic amines) is 1. The van der Waals surface area contributed by atoms with Crippen LogP contribution in [0.5, 0.6) is 5.75 Å². The van der Waals surface area contributed by atoms with E-state index in [0.29, 0.717) is 5.75 Å². The molecule has 2 rings (SSSR count). The van der Waals surface area contributed by atoms with Crippen molar-refractivity contribution in [1.82, 2.24) is 4.90 Å². The molecular weight excluding hydrogens is 222 g/mol. The fourth-order valence-electron chi connectivity index (χ4n) is 1.75. The Balaban J connectivity index is 2.10. The van der Waals surface area contributed by atoms with Crippen molar-refractivity contribution in [2.24, 2.45) is 0 Å². The lowest BCUT2D eigenvalue weighted by Crippen LogP contribution is -2.31. The molecule has 0 bridgehead atoms. The van der Waals surface area contributed by atoms with Crippen molar-refractivity contribution < 1.29 is 19.4 Å². The molecule has 1 aromatic carbocycles. The Kier molecular flexibility index (Phi) is 3.10. The fourth-order valence-corrected chi connectivity index (χ4v) is 1.75. The average molecular weight is 235 g/mol. The Labute approximate surface area is 98.6 Å². The second kappa shape index (κ2) is 4.55. The molecule has 0 saturated carbocycles. The van der Waals surface area contributed by atoms with E-state index in [-0.39, 0.29) is 18.9 Å². The van der Waals surface area contributed by atoms with Crippen LogP contribution in [0, 0.1) is 0 Å². The van der Waals surface area contributed by atoms with E-state index in [1.807, 2.05) is 0 Å². The lowest BCUT2D eigenvalue weighted by atomic mass is 10.2. The van der Waals surface area contributed by atoms with Gasteiger partial charge >= 0.3 is 0 Å². The Morgan fingerprint density at radius 3 is 2.47 bits per heavy atom. The first kappa shape index (κ1) is 11.6. The van der Waals surface area contributed by atoms with E-state index in [1.54, 1.807) is 31.4 Å². The van der Waals surface area contributed by atoms with Crippen LogP contribution in [0.1, 0.15) is 12.0 Å². The average Bonchev–Trinajstić information content (AvgIpc) is 2.57. The molecule has 2 amide bonds. The van der Waals surface area contributed by atoms with Crippen LogP contribution in [0.15, 0.2) is 24.3 Å². The summed E-state index contributed by atoms with van der Waals surface area (Å²) in [5.74, 6) is -0.142. The molecule has 1 aromatic rings. The summed E-state index contributed by atoms with van der Waals surface area (Å²) in [4.78, 5) is 24.0. The number of aliphatic hydroxyl groups excluding tert-OH is 1. The van der Waals surface area contributed by atoms with Crippen LogP contribution < -0.4 is 4.74 Å². The molecule has 1 aliphatic heterocycles. The number of carbonyl (C=O) groups is 2. The highest BCUT2D eigenvalue weighted by Gasteiger charge is 2.36. The third kappa shape index (κ3) is 2.29. The van der Waals surface area contributed by atoms with Gasteiger partial charge in [-0.15, -0.1) is 0 Å². The molecule has 1 aliphatic rings. The minimum Gasteiger partial charge on any atom is -0.497 e. The number of hydrogen-bond acceptors (Lipinski definition) is 4. The summed E-state index contributed by atoms with van der Waals surface area (Å²) in [6, 6.07) is 7.09. The molecule has 1 atom stereocenters. The Hall–Kier alpha value is -1.88. The molecule has 0 aliphatic carbocycles. The molecule has 0 radical (unpaired) electrons. The Morgan fingerprint density at radius 1 is 1.35 bits per heavy atom. The molecule has 0 spiro atoms. The number of benzene rings is 1. The minimum absolute atomic E-state index is 0.116. The van der Waals surface area contributed by atoms with E-state index in [9.17, 15) is 14.7 Å². The summed E-state index contributed by atoms with van der Waals surface area (Å²) in [6.45, 7) is 0.193. The lowest BCUT2D eigenvalue weighted by Gasteiger charge is -2.14. The summed E-state index contributed by atoms with van der Waals surface area (Å²) in [5.41, 5.74) is 0.821. The predicted molar refractivity (Wildman–Crippen MR) is 59.2 cm³/mol. The van der Waals surface area contributed by atoms with E-state index in [4.69, 9.17) is 4.74 Å². The molecule has 1 heterocycles. The number of aliphatic hydroxyl groups is 1. The zero-order valence-corrected chi connectivity index (χ0v) is 9.42. The summed E-state index contributed by atoms with van der Waals surface area (Å²) in [7, 11) is 1.57. The maximum Gasteiger partial charge on any atom is 0.258 e. The van der Waals surface area contributed by atoms with Gasteiger partial charge in [0.1, 0.15) is 11.9 Å². The molecule has 5 heteroatoms. The second-order valence-corrected chi connectivity index (χ2v) is 3.89. The van der Waals surface area contributed by atoms with Crippen molar-refractivity contribution in [2.75, 3.05) is 7.11 Å². The topological polar surface area (TPSA) is 66.8 Å². The SMILES string of the molecule is COc1ccc(CN2C(=O)C[C@H](O)C2=O)cc1. The van der Waals surface area contributed by atoms with Gasteiger partial charge in [0, 0.05) is 0 Å². The van der Waals surface area contributed by atoms with Crippen molar-refractivity contribution in [3.63, 3.8) is 0 Å². The number of nitrogens with zero attached hydrogens (tertiary/aromatic N) is 1. The van der Waals surface area contributed by atoms with Crippen molar-refractivity contribution in [3.05, 3.63) is 29.8 Å². The molecule has 1 saturated heterocycles. The van der Waals surface area contributed by atoms with Gasteiger partial charge in [-0.25, -0.2) is 0 Å². The number of carbonyl (C=O) groups excluding carboxylic acids is 2. The van der Waals surface area contributed by atoms with Gasteiger partial charge in [0.2, 0.25) is 5.91 Å². The number of hydrogen-bond donors (Lipinski definition) is 1. The standard InChI is InChI=1S/C12H13NO4/c1-17-9-4-2-8(3-5-9)7-13-11(15)6-10(14)12(13)16/h2-5,10,14H,6-7H2,1H3/t10-/m0/s1. The number of ether oxygens (including phenoxy) is 1. The van der Waals surface area contributed by atoms with Gasteiger partial charge in [0.15, 0.2) is 0 Å². The minimum atomic E-state index is -1.18. The first-order valence-corrected chi connectivity index (χ1v) is 5.27. The van der Waals surface area contributed by atoms with Gasteiger partial charge in [-0.05, 0) is 17.7 Å². The summed E-state index contributed by atoms with van der Waals surface area (Å²) < 4.78 is 5.01. The number of amides is 2. The van der Waals surface area contributed by atoms with E-state index in [1.165, 1.54) is 0 Å². The van der Waals surface area contributed by atoms with Crippen LogP contribution in [0.3, 0.4) is 0 Å². The van der Waals surface area contributed by atoms with Gasteiger partial charge in [-0.3, -0.25) is 14.5 Å². The molecule has 90 valence electrons. The monoisotopic (exact) mass is 235 g/mol. The van der Waals surface area contributed by atoms with Gasteiger partial charge < -0.3 is 9.84 Å². The maximum atomic E-state index is 11.5. The van der Waals surface area contributed by atoms with Crippen molar-refractivity contribution in [2.45, 2.75) is 19.1 Å². The quantitative estimate of drug-likeness (QED) is 0.766. The first-order chi connectivity index (χ1) is 8.11. The highest BCUT2D eigenvalue weighted by atomic mass is 16.5. The van der Waals surface area contributed by atoms with E-state index in [0.717, 1.165) is 10.5 Å². The van der Waals surface area contributed by atoms with Crippen molar-refractivity contribution in [1.29, 1.82) is 0 Å². The van der Waals surface area contributed by atoms with Gasteiger partial charge in [0.05, 0.1) is 20.1 Å². The molecular formula is C12H13NO4. The highest BCUT2D eigenvalue weighted by Crippen LogP contribution is 2.18. The number of imide groups is 1. The maximum absolute atomic E-state index is 11.5.